The molecule has 35 heavy (non-hydrogen) atoms. The van der Waals surface area contributed by atoms with Gasteiger partial charge in [0.05, 0.1) is 5.39 Å². The SMILES string of the molecule is CCC(CCc1c[nH]c2nc(N)nc(N)c12)Nc1ccc(C(=O)N[C@@H](CCC(=O)O)C(=O)O)cc1. The summed E-state index contributed by atoms with van der Waals surface area (Å²) < 4.78 is 0. The van der Waals surface area contributed by atoms with Crippen LogP contribution in [-0.2, 0) is 16.0 Å². The Labute approximate surface area is 201 Å². The number of carboxylic acids is 2. The Hall–Kier alpha value is -4.35. The number of nitrogens with zero attached hydrogens (tertiary/aromatic N) is 2. The summed E-state index contributed by atoms with van der Waals surface area (Å²) in [6.45, 7) is 2.07. The molecule has 1 aromatic carbocycles. The maximum atomic E-state index is 12.4. The lowest BCUT2D eigenvalue weighted by molar-refractivity contribution is -0.140. The van der Waals surface area contributed by atoms with Crippen LogP contribution in [0.2, 0.25) is 0 Å². The van der Waals surface area contributed by atoms with E-state index in [9.17, 15) is 19.5 Å². The summed E-state index contributed by atoms with van der Waals surface area (Å²) in [5, 5.41) is 24.5. The molecule has 9 N–H and O–H groups in total. The fraction of sp³-hybridized carbons (Fsp3) is 0.348. The van der Waals surface area contributed by atoms with Gasteiger partial charge in [0.1, 0.15) is 17.5 Å². The van der Waals surface area contributed by atoms with Crippen molar-refractivity contribution in [1.29, 1.82) is 0 Å². The van der Waals surface area contributed by atoms with E-state index in [0.29, 0.717) is 11.5 Å². The first kappa shape index (κ1) is 25.3. The summed E-state index contributed by atoms with van der Waals surface area (Å²) in [6, 6.07) is 5.52. The number of aliphatic carboxylic acids is 2. The number of nitrogens with one attached hydrogen (secondary N) is 3. The van der Waals surface area contributed by atoms with Gasteiger partial charge in [-0.3, -0.25) is 9.59 Å². The van der Waals surface area contributed by atoms with Gasteiger partial charge in [-0.25, -0.2) is 4.79 Å². The lowest BCUT2D eigenvalue weighted by Gasteiger charge is -2.19. The van der Waals surface area contributed by atoms with E-state index >= 15 is 0 Å². The number of hydrogen-bond donors (Lipinski definition) is 7. The largest absolute Gasteiger partial charge is 0.481 e. The molecule has 0 spiro atoms. The minimum Gasteiger partial charge on any atom is -0.481 e. The van der Waals surface area contributed by atoms with E-state index in [4.69, 9.17) is 16.6 Å². The van der Waals surface area contributed by atoms with E-state index in [1.54, 1.807) is 24.3 Å². The number of carboxylic acid groups (broad SMARTS) is 2. The van der Waals surface area contributed by atoms with E-state index in [-0.39, 0.29) is 30.4 Å². The minimum atomic E-state index is -1.28. The number of carbonyl (C=O) groups is 3. The molecule has 0 aliphatic rings. The van der Waals surface area contributed by atoms with Crippen molar-refractivity contribution in [2.24, 2.45) is 0 Å². The lowest BCUT2D eigenvalue weighted by Crippen LogP contribution is -2.41. The van der Waals surface area contributed by atoms with E-state index in [2.05, 4.69) is 32.5 Å². The molecular formula is C23H29N7O5. The van der Waals surface area contributed by atoms with Crippen LogP contribution in [0.25, 0.3) is 11.0 Å². The maximum absolute atomic E-state index is 12.4. The molecule has 3 aromatic rings. The molecule has 2 atom stereocenters. The Balaban J connectivity index is 1.59. The van der Waals surface area contributed by atoms with E-state index in [1.165, 1.54) is 0 Å². The van der Waals surface area contributed by atoms with Gasteiger partial charge in [0.15, 0.2) is 0 Å². The second kappa shape index (κ2) is 11.2. The first-order valence-electron chi connectivity index (χ1n) is 11.2. The Kier molecular flexibility index (Phi) is 8.08. The summed E-state index contributed by atoms with van der Waals surface area (Å²) in [6.07, 6.45) is 3.69. The normalized spacial score (nSPS) is 12.7. The number of amides is 1. The van der Waals surface area contributed by atoms with Gasteiger partial charge in [0.25, 0.3) is 5.91 Å². The van der Waals surface area contributed by atoms with Crippen LogP contribution in [0.5, 0.6) is 0 Å². The highest BCUT2D eigenvalue weighted by Gasteiger charge is 2.21. The molecule has 0 aliphatic heterocycles. The van der Waals surface area contributed by atoms with Gasteiger partial charge in [0, 0.05) is 29.9 Å². The third kappa shape index (κ3) is 6.59. The molecule has 2 heterocycles. The zero-order valence-corrected chi connectivity index (χ0v) is 19.2. The average molecular weight is 484 g/mol. The Morgan fingerprint density at radius 3 is 2.43 bits per heavy atom. The number of nitrogens with two attached hydrogens (primary N) is 2. The van der Waals surface area contributed by atoms with Crippen molar-refractivity contribution in [1.82, 2.24) is 20.3 Å². The fourth-order valence-corrected chi connectivity index (χ4v) is 3.77. The standard InChI is InChI=1S/C23H29N7O5/c1-2-14(6-5-13-11-26-20-18(13)19(24)29-23(25)30-20)27-15-7-3-12(4-8-15)21(33)28-16(22(34)35)9-10-17(31)32/h3-4,7-8,11,14,16,27H,2,5-6,9-10H2,1H3,(H,28,33)(H,31,32)(H,34,35)(H5,24,25,26,29,30)/t14?,16-/m0/s1. The number of benzene rings is 1. The van der Waals surface area contributed by atoms with Crippen LogP contribution >= 0.6 is 0 Å². The van der Waals surface area contributed by atoms with Crippen molar-refractivity contribution in [2.45, 2.75) is 51.1 Å². The summed E-state index contributed by atoms with van der Waals surface area (Å²) >= 11 is 0. The van der Waals surface area contributed by atoms with Crippen molar-refractivity contribution in [3.8, 4) is 0 Å². The predicted molar refractivity (Wildman–Crippen MR) is 131 cm³/mol. The summed E-state index contributed by atoms with van der Waals surface area (Å²) in [5.41, 5.74) is 14.4. The Bertz CT molecular complexity index is 1210. The Morgan fingerprint density at radius 1 is 1.09 bits per heavy atom. The number of aryl methyl sites for hydroxylation is 1. The fourth-order valence-electron chi connectivity index (χ4n) is 3.77. The molecule has 0 saturated carbocycles. The van der Waals surface area contributed by atoms with Crippen molar-refractivity contribution in [3.05, 3.63) is 41.6 Å². The quantitative estimate of drug-likeness (QED) is 0.199. The first-order valence-corrected chi connectivity index (χ1v) is 11.2. The highest BCUT2D eigenvalue weighted by Crippen LogP contribution is 2.25. The van der Waals surface area contributed by atoms with Crippen LogP contribution in [0.4, 0.5) is 17.5 Å². The molecule has 0 bridgehead atoms. The molecule has 0 saturated heterocycles. The highest BCUT2D eigenvalue weighted by atomic mass is 16.4. The van der Waals surface area contributed by atoms with E-state index in [1.807, 2.05) is 6.20 Å². The van der Waals surface area contributed by atoms with Gasteiger partial charge in [-0.2, -0.15) is 9.97 Å². The summed E-state index contributed by atoms with van der Waals surface area (Å²) in [7, 11) is 0. The summed E-state index contributed by atoms with van der Waals surface area (Å²) in [4.78, 5) is 45.7. The first-order chi connectivity index (χ1) is 16.7. The smallest absolute Gasteiger partial charge is 0.326 e. The molecule has 186 valence electrons. The number of carbonyl (C=O) groups excluding carboxylic acids is 1. The zero-order chi connectivity index (χ0) is 25.5. The van der Waals surface area contributed by atoms with Gasteiger partial charge in [-0.1, -0.05) is 6.92 Å². The molecule has 1 amide bonds. The third-order valence-electron chi connectivity index (χ3n) is 5.68. The molecule has 1 unspecified atom stereocenters. The molecule has 2 aromatic heterocycles. The number of nitrogen functional groups attached to an aromatic ring is 2. The second-order valence-electron chi connectivity index (χ2n) is 8.17. The highest BCUT2D eigenvalue weighted by molar-refractivity contribution is 5.97. The molecule has 3 rings (SSSR count). The van der Waals surface area contributed by atoms with E-state index < -0.39 is 23.9 Å². The number of aromatic nitrogens is 3. The van der Waals surface area contributed by atoms with Crippen molar-refractivity contribution < 1.29 is 24.6 Å². The van der Waals surface area contributed by atoms with Crippen LogP contribution in [-0.4, -0.2) is 55.1 Å². The number of anilines is 3. The number of hydrogen-bond acceptors (Lipinski definition) is 8. The number of fused-ring (bicyclic) bond motifs is 1. The van der Waals surface area contributed by atoms with Crippen LogP contribution in [0.1, 0.15) is 48.5 Å². The van der Waals surface area contributed by atoms with Crippen LogP contribution in [0.3, 0.4) is 0 Å². The van der Waals surface area contributed by atoms with Crippen molar-refractivity contribution >= 4 is 46.3 Å². The Morgan fingerprint density at radius 2 is 1.80 bits per heavy atom. The number of aromatic amines is 1. The third-order valence-corrected chi connectivity index (χ3v) is 5.68. The molecule has 0 radical (unpaired) electrons. The van der Waals surface area contributed by atoms with Gasteiger partial charge in [-0.15, -0.1) is 0 Å². The summed E-state index contributed by atoms with van der Waals surface area (Å²) in [5.74, 6) is -2.53. The van der Waals surface area contributed by atoms with Crippen LogP contribution < -0.4 is 22.1 Å². The topological polar surface area (TPSA) is 209 Å². The molecule has 0 aliphatic carbocycles. The van der Waals surface area contributed by atoms with Gasteiger partial charge >= 0.3 is 11.9 Å². The number of H-pyrrole nitrogens is 1. The maximum Gasteiger partial charge on any atom is 0.326 e. The molecular weight excluding hydrogens is 454 g/mol. The van der Waals surface area contributed by atoms with Crippen molar-refractivity contribution in [3.63, 3.8) is 0 Å². The molecule has 12 nitrogen and oxygen atoms in total. The average Bonchev–Trinajstić information content (AvgIpc) is 3.22. The monoisotopic (exact) mass is 483 g/mol. The van der Waals surface area contributed by atoms with Crippen LogP contribution in [0.15, 0.2) is 30.5 Å². The zero-order valence-electron chi connectivity index (χ0n) is 19.2. The minimum absolute atomic E-state index is 0.118. The second-order valence-corrected chi connectivity index (χ2v) is 8.17. The predicted octanol–water partition coefficient (Wildman–Crippen LogP) is 1.99. The van der Waals surface area contributed by atoms with Gasteiger partial charge < -0.3 is 37.3 Å². The lowest BCUT2D eigenvalue weighted by atomic mass is 10.0. The molecule has 0 fully saturated rings. The number of rotatable bonds is 12. The van der Waals surface area contributed by atoms with Gasteiger partial charge in [-0.05, 0) is 55.5 Å². The van der Waals surface area contributed by atoms with Crippen molar-refractivity contribution in [2.75, 3.05) is 16.8 Å². The molecule has 12 heteroatoms. The van der Waals surface area contributed by atoms with Crippen LogP contribution in [0, 0.1) is 0 Å². The van der Waals surface area contributed by atoms with E-state index in [0.717, 1.165) is 35.9 Å². The van der Waals surface area contributed by atoms with Gasteiger partial charge in [0.2, 0.25) is 5.95 Å².